The number of halogens is 2. The number of nitrogens with zero attached hydrogens (tertiary/aromatic N) is 2. The van der Waals surface area contributed by atoms with Crippen molar-refractivity contribution in [2.24, 2.45) is 4.99 Å². The average molecular weight is 535 g/mol. The van der Waals surface area contributed by atoms with Crippen LogP contribution in [-0.2, 0) is 9.47 Å². The molecule has 0 amide bonds. The van der Waals surface area contributed by atoms with E-state index in [1.807, 2.05) is 6.92 Å². The molecule has 6 nitrogen and oxygen atoms in total. The Balaban J connectivity index is 0.00000320. The molecular weight excluding hydrogens is 500 g/mol. The molecule has 2 aliphatic heterocycles. The van der Waals surface area contributed by atoms with E-state index in [0.29, 0.717) is 25.0 Å². The van der Waals surface area contributed by atoms with Crippen LogP contribution in [0.4, 0.5) is 4.39 Å². The van der Waals surface area contributed by atoms with Gasteiger partial charge in [-0.3, -0.25) is 0 Å². The third-order valence-corrected chi connectivity index (χ3v) is 5.25. The first kappa shape index (κ1) is 25.1. The molecule has 1 aromatic carbocycles. The maximum atomic E-state index is 13.3. The molecule has 0 aromatic heterocycles. The topological polar surface area (TPSA) is 55.3 Å². The molecule has 0 bridgehead atoms. The van der Waals surface area contributed by atoms with Gasteiger partial charge in [0.1, 0.15) is 17.7 Å². The van der Waals surface area contributed by atoms with Crippen LogP contribution < -0.4 is 10.1 Å². The van der Waals surface area contributed by atoms with Crippen molar-refractivity contribution in [1.29, 1.82) is 0 Å². The van der Waals surface area contributed by atoms with E-state index >= 15 is 0 Å². The van der Waals surface area contributed by atoms with Gasteiger partial charge in [-0.05, 0) is 51.7 Å². The Bertz CT molecular complexity index is 650. The molecule has 2 unspecified atom stereocenters. The number of ether oxygens (including phenoxy) is 3. The number of rotatable bonds is 8. The molecule has 3 rings (SSSR count). The second-order valence-electron chi connectivity index (χ2n) is 7.74. The number of likely N-dealkylation sites (tertiary alicyclic amines) is 1. The predicted octanol–water partition coefficient (Wildman–Crippen LogP) is 3.84. The maximum Gasteiger partial charge on any atom is 0.194 e. The van der Waals surface area contributed by atoms with Crippen LogP contribution in [0.3, 0.4) is 0 Å². The fourth-order valence-corrected chi connectivity index (χ4v) is 3.70. The Morgan fingerprint density at radius 2 is 2.13 bits per heavy atom. The summed E-state index contributed by atoms with van der Waals surface area (Å²) < 4.78 is 30.8. The first-order valence-electron chi connectivity index (χ1n) is 10.8. The van der Waals surface area contributed by atoms with Crippen LogP contribution in [-0.4, -0.2) is 68.6 Å². The molecule has 170 valence electrons. The van der Waals surface area contributed by atoms with Crippen molar-refractivity contribution in [2.45, 2.75) is 57.8 Å². The number of piperidine rings is 1. The van der Waals surface area contributed by atoms with Gasteiger partial charge >= 0.3 is 0 Å². The molecule has 2 saturated heterocycles. The summed E-state index contributed by atoms with van der Waals surface area (Å²) in [6.07, 6.45) is 4.69. The summed E-state index contributed by atoms with van der Waals surface area (Å²) in [7, 11) is 0. The second-order valence-corrected chi connectivity index (χ2v) is 7.74. The minimum absolute atomic E-state index is 0. The fourth-order valence-electron chi connectivity index (χ4n) is 3.70. The van der Waals surface area contributed by atoms with E-state index in [4.69, 9.17) is 19.2 Å². The SMILES string of the molecule is CCNC(=NCC(C)Oc1cccc(F)c1)N1CCC(OCC2CCCO2)CC1.I. The van der Waals surface area contributed by atoms with Gasteiger partial charge in [-0.2, -0.15) is 0 Å². The molecular formula is C22H35FIN3O3. The second kappa shape index (κ2) is 13.3. The molecule has 0 radical (unpaired) electrons. The molecule has 0 saturated carbocycles. The summed E-state index contributed by atoms with van der Waals surface area (Å²) in [5.74, 6) is 1.14. The zero-order valence-electron chi connectivity index (χ0n) is 18.0. The van der Waals surface area contributed by atoms with E-state index in [1.54, 1.807) is 12.1 Å². The summed E-state index contributed by atoms with van der Waals surface area (Å²) in [6.45, 7) is 8.76. The van der Waals surface area contributed by atoms with Crippen molar-refractivity contribution in [2.75, 3.05) is 39.4 Å². The van der Waals surface area contributed by atoms with Gasteiger partial charge in [0.05, 0.1) is 25.4 Å². The normalized spacial score (nSPS) is 21.2. The highest BCUT2D eigenvalue weighted by molar-refractivity contribution is 14.0. The van der Waals surface area contributed by atoms with Crippen molar-refractivity contribution < 1.29 is 18.6 Å². The molecule has 1 N–H and O–H groups in total. The Morgan fingerprint density at radius 1 is 1.33 bits per heavy atom. The van der Waals surface area contributed by atoms with Crippen LogP contribution in [0.15, 0.2) is 29.3 Å². The van der Waals surface area contributed by atoms with Gasteiger partial charge in [0, 0.05) is 32.3 Å². The number of hydrogen-bond donors (Lipinski definition) is 1. The molecule has 8 heteroatoms. The minimum Gasteiger partial charge on any atom is -0.489 e. The minimum atomic E-state index is -0.295. The monoisotopic (exact) mass is 535 g/mol. The lowest BCUT2D eigenvalue weighted by Crippen LogP contribution is -2.47. The third-order valence-electron chi connectivity index (χ3n) is 5.25. The van der Waals surface area contributed by atoms with Crippen LogP contribution >= 0.6 is 24.0 Å². The number of benzene rings is 1. The van der Waals surface area contributed by atoms with Crippen LogP contribution in [0.2, 0.25) is 0 Å². The summed E-state index contributed by atoms with van der Waals surface area (Å²) in [5, 5.41) is 3.37. The van der Waals surface area contributed by atoms with E-state index in [-0.39, 0.29) is 42.0 Å². The van der Waals surface area contributed by atoms with Gasteiger partial charge in [0.2, 0.25) is 0 Å². The molecule has 2 aliphatic rings. The Labute approximate surface area is 196 Å². The number of guanidine groups is 1. The van der Waals surface area contributed by atoms with E-state index in [9.17, 15) is 4.39 Å². The van der Waals surface area contributed by atoms with Crippen LogP contribution in [0.5, 0.6) is 5.75 Å². The molecule has 2 atom stereocenters. The van der Waals surface area contributed by atoms with E-state index in [0.717, 1.165) is 57.9 Å². The zero-order valence-corrected chi connectivity index (χ0v) is 20.3. The molecule has 2 fully saturated rings. The van der Waals surface area contributed by atoms with E-state index in [2.05, 4.69) is 17.1 Å². The highest BCUT2D eigenvalue weighted by Gasteiger charge is 2.24. The first-order valence-corrected chi connectivity index (χ1v) is 10.8. The molecule has 0 spiro atoms. The first-order chi connectivity index (χ1) is 14.1. The standard InChI is InChI=1S/C22H34FN3O3.HI/c1-3-24-22(25-15-17(2)29-20-7-4-6-18(23)14-20)26-11-9-19(10-12-26)28-16-21-8-5-13-27-21;/h4,6-7,14,17,19,21H,3,5,8-13,15-16H2,1-2H3,(H,24,25);1H. The Morgan fingerprint density at radius 3 is 2.80 bits per heavy atom. The average Bonchev–Trinajstić information content (AvgIpc) is 3.24. The highest BCUT2D eigenvalue weighted by atomic mass is 127. The largest absolute Gasteiger partial charge is 0.489 e. The Hall–Kier alpha value is -1.13. The van der Waals surface area contributed by atoms with Gasteiger partial charge < -0.3 is 24.4 Å². The smallest absolute Gasteiger partial charge is 0.194 e. The summed E-state index contributed by atoms with van der Waals surface area (Å²) in [4.78, 5) is 7.02. The number of hydrogen-bond acceptors (Lipinski definition) is 4. The van der Waals surface area contributed by atoms with Gasteiger partial charge in [0.25, 0.3) is 0 Å². The maximum absolute atomic E-state index is 13.3. The summed E-state index contributed by atoms with van der Waals surface area (Å²) in [6, 6.07) is 6.21. The van der Waals surface area contributed by atoms with Gasteiger partial charge in [0.15, 0.2) is 5.96 Å². The molecule has 0 aliphatic carbocycles. The fraction of sp³-hybridized carbons (Fsp3) is 0.682. The van der Waals surface area contributed by atoms with Crippen molar-refractivity contribution in [3.63, 3.8) is 0 Å². The van der Waals surface area contributed by atoms with Gasteiger partial charge in [-0.25, -0.2) is 9.38 Å². The lowest BCUT2D eigenvalue weighted by atomic mass is 10.1. The predicted molar refractivity (Wildman–Crippen MR) is 127 cm³/mol. The van der Waals surface area contributed by atoms with Crippen molar-refractivity contribution >= 4 is 29.9 Å². The number of nitrogens with one attached hydrogen (secondary N) is 1. The van der Waals surface area contributed by atoms with E-state index < -0.39 is 0 Å². The van der Waals surface area contributed by atoms with Crippen LogP contribution in [0, 0.1) is 5.82 Å². The van der Waals surface area contributed by atoms with Crippen molar-refractivity contribution in [3.8, 4) is 5.75 Å². The van der Waals surface area contributed by atoms with Crippen molar-refractivity contribution in [3.05, 3.63) is 30.1 Å². The quantitative estimate of drug-likeness (QED) is 0.312. The lowest BCUT2D eigenvalue weighted by Gasteiger charge is -2.34. The van der Waals surface area contributed by atoms with E-state index in [1.165, 1.54) is 12.1 Å². The molecule has 1 aromatic rings. The molecule has 2 heterocycles. The van der Waals surface area contributed by atoms with Crippen molar-refractivity contribution in [1.82, 2.24) is 10.2 Å². The van der Waals surface area contributed by atoms with Gasteiger partial charge in [-0.15, -0.1) is 24.0 Å². The summed E-state index contributed by atoms with van der Waals surface area (Å²) >= 11 is 0. The number of aliphatic imine (C=N–C) groups is 1. The lowest BCUT2D eigenvalue weighted by molar-refractivity contribution is -0.0367. The Kier molecular flexibility index (Phi) is 11.2. The summed E-state index contributed by atoms with van der Waals surface area (Å²) in [5.41, 5.74) is 0. The third kappa shape index (κ3) is 8.19. The zero-order chi connectivity index (χ0) is 20.5. The van der Waals surface area contributed by atoms with Gasteiger partial charge in [-0.1, -0.05) is 6.07 Å². The van der Waals surface area contributed by atoms with Crippen LogP contribution in [0.1, 0.15) is 39.5 Å². The highest BCUT2D eigenvalue weighted by Crippen LogP contribution is 2.18. The van der Waals surface area contributed by atoms with Crippen LogP contribution in [0.25, 0.3) is 0 Å². The molecule has 30 heavy (non-hydrogen) atoms.